The number of Topliss-reactive ketones (excluding diaryl/α,β-unsaturated/α-hetero) is 1. The number of carbonyl (C=O) groups is 1. The Bertz CT molecular complexity index is 465. The third-order valence-corrected chi connectivity index (χ3v) is 3.25. The molecule has 2 rings (SSSR count). The zero-order chi connectivity index (χ0) is 13.3. The molecule has 1 unspecified atom stereocenters. The van der Waals surface area contributed by atoms with Crippen LogP contribution in [-0.2, 0) is 11.0 Å². The van der Waals surface area contributed by atoms with Crippen molar-refractivity contribution >= 4 is 5.78 Å². The highest BCUT2D eigenvalue weighted by atomic mass is 19.4. The van der Waals surface area contributed by atoms with E-state index < -0.39 is 23.5 Å². The van der Waals surface area contributed by atoms with Crippen molar-refractivity contribution < 1.29 is 22.4 Å². The minimum absolute atomic E-state index is 0.0893. The predicted octanol–water partition coefficient (Wildman–Crippen LogP) is 4.07. The van der Waals surface area contributed by atoms with Gasteiger partial charge in [-0.3, -0.25) is 4.79 Å². The van der Waals surface area contributed by atoms with Gasteiger partial charge in [-0.25, -0.2) is 4.39 Å². The summed E-state index contributed by atoms with van der Waals surface area (Å²) in [5, 5.41) is 0. The van der Waals surface area contributed by atoms with Gasteiger partial charge in [0.2, 0.25) is 0 Å². The highest BCUT2D eigenvalue weighted by Gasteiger charge is 2.37. The summed E-state index contributed by atoms with van der Waals surface area (Å²) in [5.41, 5.74) is -1.11. The molecule has 1 aromatic carbocycles. The lowest BCUT2D eigenvalue weighted by molar-refractivity contribution is -0.139. The zero-order valence-electron chi connectivity index (χ0n) is 9.56. The van der Waals surface area contributed by atoms with Crippen LogP contribution in [0.4, 0.5) is 17.6 Å². The van der Waals surface area contributed by atoms with Crippen molar-refractivity contribution in [1.82, 2.24) is 0 Å². The van der Waals surface area contributed by atoms with Crippen LogP contribution in [0, 0.1) is 5.82 Å². The summed E-state index contributed by atoms with van der Waals surface area (Å²) < 4.78 is 51.5. The van der Waals surface area contributed by atoms with E-state index in [2.05, 4.69) is 0 Å². The van der Waals surface area contributed by atoms with Gasteiger partial charge in [0, 0.05) is 12.3 Å². The molecule has 0 amide bonds. The first-order valence-corrected chi connectivity index (χ1v) is 5.79. The van der Waals surface area contributed by atoms with Crippen molar-refractivity contribution in [2.24, 2.45) is 0 Å². The van der Waals surface area contributed by atoms with Crippen LogP contribution in [0.3, 0.4) is 0 Å². The van der Waals surface area contributed by atoms with Crippen LogP contribution in [0.25, 0.3) is 0 Å². The SMILES string of the molecule is O=C1CCCCC1c1ccc(F)cc1C(F)(F)F. The third kappa shape index (κ3) is 2.54. The Balaban J connectivity index is 2.46. The maximum Gasteiger partial charge on any atom is 0.416 e. The highest BCUT2D eigenvalue weighted by molar-refractivity contribution is 5.86. The molecule has 0 aliphatic heterocycles. The number of carbonyl (C=O) groups excluding carboxylic acids is 1. The first-order chi connectivity index (χ1) is 8.39. The van der Waals surface area contributed by atoms with Gasteiger partial charge in [0.1, 0.15) is 11.6 Å². The van der Waals surface area contributed by atoms with E-state index in [0.29, 0.717) is 18.9 Å². The van der Waals surface area contributed by atoms with Crippen LogP contribution >= 0.6 is 0 Å². The lowest BCUT2D eigenvalue weighted by Gasteiger charge is -2.24. The molecule has 1 saturated carbocycles. The minimum atomic E-state index is -4.63. The molecule has 0 bridgehead atoms. The molecular weight excluding hydrogens is 248 g/mol. The summed E-state index contributed by atoms with van der Waals surface area (Å²) in [6.45, 7) is 0. The fourth-order valence-corrected chi connectivity index (χ4v) is 2.39. The maximum absolute atomic E-state index is 13.0. The van der Waals surface area contributed by atoms with Crippen molar-refractivity contribution in [1.29, 1.82) is 0 Å². The molecule has 1 fully saturated rings. The van der Waals surface area contributed by atoms with E-state index in [0.717, 1.165) is 25.0 Å². The maximum atomic E-state index is 13.0. The van der Waals surface area contributed by atoms with Gasteiger partial charge in [0.05, 0.1) is 5.56 Å². The standard InChI is InChI=1S/C13H12F4O/c14-8-5-6-9(11(7-8)13(15,16)17)10-3-1-2-4-12(10)18/h5-7,10H,1-4H2. The van der Waals surface area contributed by atoms with Crippen molar-refractivity contribution in [3.05, 3.63) is 35.1 Å². The van der Waals surface area contributed by atoms with Crippen molar-refractivity contribution in [3.8, 4) is 0 Å². The zero-order valence-corrected chi connectivity index (χ0v) is 9.56. The van der Waals surface area contributed by atoms with E-state index in [9.17, 15) is 22.4 Å². The molecule has 1 aliphatic rings. The van der Waals surface area contributed by atoms with Gasteiger partial charge in [0.25, 0.3) is 0 Å². The number of alkyl halides is 3. The molecule has 98 valence electrons. The first kappa shape index (κ1) is 13.1. The fraction of sp³-hybridized carbons (Fsp3) is 0.462. The second-order valence-electron chi connectivity index (χ2n) is 4.49. The average Bonchev–Trinajstić information content (AvgIpc) is 2.29. The third-order valence-electron chi connectivity index (χ3n) is 3.25. The van der Waals surface area contributed by atoms with Crippen molar-refractivity contribution in [2.45, 2.75) is 37.8 Å². The number of rotatable bonds is 1. The van der Waals surface area contributed by atoms with Crippen LogP contribution in [0.15, 0.2) is 18.2 Å². The Morgan fingerprint density at radius 2 is 1.89 bits per heavy atom. The largest absolute Gasteiger partial charge is 0.416 e. The van der Waals surface area contributed by atoms with Crippen molar-refractivity contribution in [3.63, 3.8) is 0 Å². The number of hydrogen-bond acceptors (Lipinski definition) is 1. The van der Waals surface area contributed by atoms with Gasteiger partial charge < -0.3 is 0 Å². The monoisotopic (exact) mass is 260 g/mol. The second kappa shape index (κ2) is 4.71. The Morgan fingerprint density at radius 3 is 2.50 bits per heavy atom. The summed E-state index contributed by atoms with van der Waals surface area (Å²) >= 11 is 0. The van der Waals surface area contributed by atoms with E-state index >= 15 is 0 Å². The Kier molecular flexibility index (Phi) is 3.41. The Morgan fingerprint density at radius 1 is 1.17 bits per heavy atom. The van der Waals surface area contributed by atoms with E-state index in [1.54, 1.807) is 0 Å². The molecule has 0 N–H and O–H groups in total. The molecule has 1 nitrogen and oxygen atoms in total. The van der Waals surface area contributed by atoms with Crippen molar-refractivity contribution in [2.75, 3.05) is 0 Å². The molecular formula is C13H12F4O. The number of ketones is 1. The normalized spacial score (nSPS) is 21.1. The quantitative estimate of drug-likeness (QED) is 0.695. The van der Waals surface area contributed by atoms with Gasteiger partial charge in [0.15, 0.2) is 0 Å². The summed E-state index contributed by atoms with van der Waals surface area (Å²) in [5.74, 6) is -1.86. The topological polar surface area (TPSA) is 17.1 Å². The van der Waals surface area contributed by atoms with Gasteiger partial charge in [-0.2, -0.15) is 13.2 Å². The molecule has 1 aliphatic carbocycles. The summed E-state index contributed by atoms with van der Waals surface area (Å²) in [6, 6.07) is 2.54. The molecule has 5 heteroatoms. The van der Waals surface area contributed by atoms with E-state index in [4.69, 9.17) is 0 Å². The minimum Gasteiger partial charge on any atom is -0.299 e. The molecule has 0 saturated heterocycles. The van der Waals surface area contributed by atoms with Crippen LogP contribution in [0.1, 0.15) is 42.7 Å². The average molecular weight is 260 g/mol. The van der Waals surface area contributed by atoms with Crippen LogP contribution in [-0.4, -0.2) is 5.78 Å². The van der Waals surface area contributed by atoms with Crippen LogP contribution in [0.5, 0.6) is 0 Å². The lowest BCUT2D eigenvalue weighted by Crippen LogP contribution is -2.21. The number of halogens is 4. The van der Waals surface area contributed by atoms with Crippen LogP contribution < -0.4 is 0 Å². The summed E-state index contributed by atoms with van der Waals surface area (Å²) in [7, 11) is 0. The van der Waals surface area contributed by atoms with Gasteiger partial charge in [-0.15, -0.1) is 0 Å². The second-order valence-corrected chi connectivity index (χ2v) is 4.49. The first-order valence-electron chi connectivity index (χ1n) is 5.79. The smallest absolute Gasteiger partial charge is 0.299 e. The molecule has 0 heterocycles. The Hall–Kier alpha value is -1.39. The molecule has 18 heavy (non-hydrogen) atoms. The van der Waals surface area contributed by atoms with Gasteiger partial charge >= 0.3 is 6.18 Å². The lowest BCUT2D eigenvalue weighted by atomic mass is 9.81. The number of benzene rings is 1. The van der Waals surface area contributed by atoms with Crippen LogP contribution in [0.2, 0.25) is 0 Å². The van der Waals surface area contributed by atoms with E-state index in [-0.39, 0.29) is 11.3 Å². The molecule has 1 aromatic rings. The molecule has 1 atom stereocenters. The van der Waals surface area contributed by atoms with Gasteiger partial charge in [-0.05, 0) is 30.5 Å². The van der Waals surface area contributed by atoms with Gasteiger partial charge in [-0.1, -0.05) is 12.5 Å². The fourth-order valence-electron chi connectivity index (χ4n) is 2.39. The van der Waals surface area contributed by atoms with E-state index in [1.807, 2.05) is 0 Å². The van der Waals surface area contributed by atoms with E-state index in [1.165, 1.54) is 0 Å². The number of hydrogen-bond donors (Lipinski definition) is 0. The summed E-state index contributed by atoms with van der Waals surface area (Å²) in [6.07, 6.45) is -2.47. The summed E-state index contributed by atoms with van der Waals surface area (Å²) in [4.78, 5) is 11.7. The predicted molar refractivity (Wildman–Crippen MR) is 57.6 cm³/mol. The highest BCUT2D eigenvalue weighted by Crippen LogP contribution is 2.39. The molecule has 0 aromatic heterocycles. The molecule has 0 spiro atoms. The Labute approximate surface area is 102 Å². The molecule has 0 radical (unpaired) electrons.